The molecule has 142 valence electrons. The minimum absolute atomic E-state index is 0.177. The van der Waals surface area contributed by atoms with Gasteiger partial charge in [-0.1, -0.05) is 44.0 Å². The van der Waals surface area contributed by atoms with Crippen LogP contribution in [0.4, 0.5) is 0 Å². The Morgan fingerprint density at radius 3 is 2.61 bits per heavy atom. The highest BCUT2D eigenvalue weighted by Gasteiger charge is 2.14. The van der Waals surface area contributed by atoms with Crippen LogP contribution in [-0.2, 0) is 17.9 Å². The Morgan fingerprint density at radius 1 is 0.964 bits per heavy atom. The van der Waals surface area contributed by atoms with Crippen molar-refractivity contribution in [3.63, 3.8) is 0 Å². The monoisotopic (exact) mass is 372 g/mol. The van der Waals surface area contributed by atoms with Gasteiger partial charge >= 0.3 is 5.97 Å². The Hall–Kier alpha value is -3.14. The van der Waals surface area contributed by atoms with Gasteiger partial charge in [0.2, 0.25) is 0 Å². The number of ether oxygens (including phenoxy) is 1. The van der Waals surface area contributed by atoms with Gasteiger partial charge in [0.25, 0.3) is 0 Å². The van der Waals surface area contributed by atoms with E-state index < -0.39 is 0 Å². The van der Waals surface area contributed by atoms with Crippen LogP contribution in [0.2, 0.25) is 0 Å². The van der Waals surface area contributed by atoms with E-state index in [2.05, 4.69) is 34.7 Å². The number of carbonyl (C=O) groups is 1. The van der Waals surface area contributed by atoms with E-state index in [0.717, 1.165) is 24.0 Å². The SMILES string of the molecule is CCCCCn1c2ccccc2c2cc(C(=O)OCc3ccccn3)ccc21. The number of para-hydroxylation sites is 1. The van der Waals surface area contributed by atoms with Gasteiger partial charge < -0.3 is 9.30 Å². The van der Waals surface area contributed by atoms with Gasteiger partial charge in [0.1, 0.15) is 6.61 Å². The van der Waals surface area contributed by atoms with Crippen molar-refractivity contribution in [3.8, 4) is 0 Å². The van der Waals surface area contributed by atoms with Gasteiger partial charge in [-0.25, -0.2) is 4.79 Å². The molecule has 0 fully saturated rings. The lowest BCUT2D eigenvalue weighted by atomic mass is 10.1. The third-order valence-corrected chi connectivity index (χ3v) is 5.07. The standard InChI is InChI=1S/C24H24N2O2/c1-2-3-8-15-26-22-11-5-4-10-20(22)21-16-18(12-13-23(21)26)24(27)28-17-19-9-6-7-14-25-19/h4-7,9-14,16H,2-3,8,15,17H2,1H3. The molecule has 0 saturated heterocycles. The van der Waals surface area contributed by atoms with E-state index in [1.54, 1.807) is 6.20 Å². The van der Waals surface area contributed by atoms with Crippen LogP contribution in [-0.4, -0.2) is 15.5 Å². The number of unbranched alkanes of at least 4 members (excludes halogenated alkanes) is 2. The van der Waals surface area contributed by atoms with Crippen LogP contribution in [0.15, 0.2) is 66.9 Å². The molecule has 0 saturated carbocycles. The smallest absolute Gasteiger partial charge is 0.338 e. The number of pyridine rings is 1. The number of aromatic nitrogens is 2. The summed E-state index contributed by atoms with van der Waals surface area (Å²) < 4.78 is 7.82. The quantitative estimate of drug-likeness (QED) is 0.307. The molecule has 4 heteroatoms. The van der Waals surface area contributed by atoms with Gasteiger partial charge in [0.15, 0.2) is 0 Å². The fourth-order valence-corrected chi connectivity index (χ4v) is 3.65. The van der Waals surface area contributed by atoms with E-state index in [0.29, 0.717) is 5.56 Å². The van der Waals surface area contributed by atoms with Gasteiger partial charge in [-0.15, -0.1) is 0 Å². The fourth-order valence-electron chi connectivity index (χ4n) is 3.65. The third kappa shape index (κ3) is 3.63. The molecule has 28 heavy (non-hydrogen) atoms. The van der Waals surface area contributed by atoms with Crippen LogP contribution < -0.4 is 0 Å². The molecule has 0 aliphatic carbocycles. The molecule has 0 bridgehead atoms. The first-order valence-corrected chi connectivity index (χ1v) is 9.86. The summed E-state index contributed by atoms with van der Waals surface area (Å²) in [5, 5.41) is 2.27. The average Bonchev–Trinajstić information content (AvgIpc) is 3.06. The molecular weight excluding hydrogens is 348 g/mol. The molecule has 0 radical (unpaired) electrons. The summed E-state index contributed by atoms with van der Waals surface area (Å²) in [7, 11) is 0. The molecule has 2 heterocycles. The highest BCUT2D eigenvalue weighted by atomic mass is 16.5. The number of esters is 1. The molecule has 4 rings (SSSR count). The lowest BCUT2D eigenvalue weighted by Gasteiger charge is -2.08. The number of hydrogen-bond donors (Lipinski definition) is 0. The zero-order valence-electron chi connectivity index (χ0n) is 16.1. The lowest BCUT2D eigenvalue weighted by molar-refractivity contribution is 0.0468. The van der Waals surface area contributed by atoms with E-state index in [-0.39, 0.29) is 12.6 Å². The Labute approximate surface area is 164 Å². The van der Waals surface area contributed by atoms with E-state index in [4.69, 9.17) is 4.74 Å². The maximum atomic E-state index is 12.6. The summed E-state index contributed by atoms with van der Waals surface area (Å²) in [6.07, 6.45) is 5.26. The van der Waals surface area contributed by atoms with Crippen LogP contribution in [0.25, 0.3) is 21.8 Å². The second-order valence-electron chi connectivity index (χ2n) is 7.01. The molecule has 0 spiro atoms. The second kappa shape index (κ2) is 8.26. The number of hydrogen-bond acceptors (Lipinski definition) is 3. The maximum absolute atomic E-state index is 12.6. The van der Waals surface area contributed by atoms with Crippen molar-refractivity contribution in [3.05, 3.63) is 78.1 Å². The van der Waals surface area contributed by atoms with E-state index in [9.17, 15) is 4.79 Å². The third-order valence-electron chi connectivity index (χ3n) is 5.07. The Morgan fingerprint density at radius 2 is 1.79 bits per heavy atom. The number of carbonyl (C=O) groups excluding carboxylic acids is 1. The largest absolute Gasteiger partial charge is 0.456 e. The van der Waals surface area contributed by atoms with E-state index >= 15 is 0 Å². The van der Waals surface area contributed by atoms with E-state index in [1.807, 2.05) is 42.5 Å². The van der Waals surface area contributed by atoms with Gasteiger partial charge in [-0.2, -0.15) is 0 Å². The summed E-state index contributed by atoms with van der Waals surface area (Å²) in [5.41, 5.74) is 3.69. The van der Waals surface area contributed by atoms with Crippen molar-refractivity contribution < 1.29 is 9.53 Å². The zero-order chi connectivity index (χ0) is 19.3. The Bertz CT molecular complexity index is 1100. The minimum Gasteiger partial charge on any atom is -0.456 e. The Balaban J connectivity index is 1.64. The second-order valence-corrected chi connectivity index (χ2v) is 7.01. The first-order valence-electron chi connectivity index (χ1n) is 9.86. The minimum atomic E-state index is -0.324. The fraction of sp³-hybridized carbons (Fsp3) is 0.250. The van der Waals surface area contributed by atoms with Gasteiger partial charge in [0.05, 0.1) is 11.3 Å². The first-order chi connectivity index (χ1) is 13.8. The molecule has 2 aromatic heterocycles. The van der Waals surface area contributed by atoms with Crippen molar-refractivity contribution >= 4 is 27.8 Å². The number of aryl methyl sites for hydroxylation is 1. The molecule has 0 atom stereocenters. The molecule has 0 amide bonds. The predicted molar refractivity (Wildman–Crippen MR) is 112 cm³/mol. The van der Waals surface area contributed by atoms with Crippen molar-refractivity contribution in [2.24, 2.45) is 0 Å². The molecule has 0 aliphatic heterocycles. The lowest BCUT2D eigenvalue weighted by Crippen LogP contribution is -2.06. The van der Waals surface area contributed by atoms with Crippen LogP contribution in [0.1, 0.15) is 42.2 Å². The summed E-state index contributed by atoms with van der Waals surface area (Å²) >= 11 is 0. The van der Waals surface area contributed by atoms with Crippen LogP contribution >= 0.6 is 0 Å². The molecule has 0 N–H and O–H groups in total. The number of nitrogens with zero attached hydrogens (tertiary/aromatic N) is 2. The van der Waals surface area contributed by atoms with E-state index in [1.165, 1.54) is 29.3 Å². The Kier molecular flexibility index (Phi) is 5.38. The summed E-state index contributed by atoms with van der Waals surface area (Å²) in [4.78, 5) is 16.8. The zero-order valence-corrected chi connectivity index (χ0v) is 16.1. The molecule has 4 nitrogen and oxygen atoms in total. The van der Waals surface area contributed by atoms with Crippen molar-refractivity contribution in [2.75, 3.05) is 0 Å². The van der Waals surface area contributed by atoms with Crippen molar-refractivity contribution in [1.29, 1.82) is 0 Å². The van der Waals surface area contributed by atoms with Crippen LogP contribution in [0, 0.1) is 0 Å². The number of fused-ring (bicyclic) bond motifs is 3. The van der Waals surface area contributed by atoms with Crippen LogP contribution in [0.5, 0.6) is 0 Å². The molecule has 2 aromatic carbocycles. The molecule has 0 unspecified atom stereocenters. The summed E-state index contributed by atoms with van der Waals surface area (Å²) in [5.74, 6) is -0.324. The van der Waals surface area contributed by atoms with Crippen LogP contribution in [0.3, 0.4) is 0 Å². The van der Waals surface area contributed by atoms with Crippen molar-refractivity contribution in [1.82, 2.24) is 9.55 Å². The summed E-state index contributed by atoms with van der Waals surface area (Å²) in [6.45, 7) is 3.38. The first kappa shape index (κ1) is 18.2. The molecule has 4 aromatic rings. The normalized spacial score (nSPS) is 11.2. The van der Waals surface area contributed by atoms with Gasteiger partial charge in [-0.05, 0) is 42.8 Å². The molecular formula is C24H24N2O2. The highest BCUT2D eigenvalue weighted by molar-refractivity contribution is 6.10. The molecule has 0 aliphatic rings. The number of rotatable bonds is 7. The highest BCUT2D eigenvalue weighted by Crippen LogP contribution is 2.30. The average molecular weight is 372 g/mol. The summed E-state index contributed by atoms with van der Waals surface area (Å²) in [6, 6.07) is 19.8. The predicted octanol–water partition coefficient (Wildman–Crippen LogP) is 5.74. The van der Waals surface area contributed by atoms with Crippen molar-refractivity contribution in [2.45, 2.75) is 39.3 Å². The topological polar surface area (TPSA) is 44.1 Å². The van der Waals surface area contributed by atoms with Gasteiger partial charge in [0, 0.05) is 34.5 Å². The number of benzene rings is 2. The van der Waals surface area contributed by atoms with Gasteiger partial charge in [-0.3, -0.25) is 4.98 Å². The maximum Gasteiger partial charge on any atom is 0.338 e.